The summed E-state index contributed by atoms with van der Waals surface area (Å²) in [5, 5.41) is 2.52. The molecular formula is C17H13F4N3O3. The molecule has 6 nitrogen and oxygen atoms in total. The van der Waals surface area contributed by atoms with E-state index in [4.69, 9.17) is 4.74 Å². The molecule has 0 aliphatic rings. The normalized spacial score (nSPS) is 11.2. The highest BCUT2D eigenvalue weighted by Gasteiger charge is 2.16. The Morgan fingerprint density at radius 1 is 1.11 bits per heavy atom. The van der Waals surface area contributed by atoms with Crippen LogP contribution in [0, 0.1) is 0 Å². The number of benzene rings is 2. The summed E-state index contributed by atoms with van der Waals surface area (Å²) in [6.45, 7) is -3.06. The number of H-pyrrole nitrogens is 1. The standard InChI is InChI=1S/C17H13F4N3O3/c1-26-12-5-3-9(7-13(12)27-17(20)21)22-16(25)8-2-4-10-11(6-8)24-15(23-10)14(18)19/h2-7,14,17H,1H3,(H,22,25)(H,23,24). The van der Waals surface area contributed by atoms with Crippen molar-refractivity contribution in [2.75, 3.05) is 12.4 Å². The van der Waals surface area contributed by atoms with E-state index in [0.717, 1.165) is 0 Å². The maximum atomic E-state index is 12.7. The van der Waals surface area contributed by atoms with Crippen LogP contribution in [0.2, 0.25) is 0 Å². The molecule has 0 bridgehead atoms. The summed E-state index contributed by atoms with van der Waals surface area (Å²) in [5.41, 5.74) is 0.918. The van der Waals surface area contributed by atoms with E-state index in [0.29, 0.717) is 5.52 Å². The Bertz CT molecular complexity index is 975. The number of methoxy groups -OCH3 is 1. The van der Waals surface area contributed by atoms with Crippen LogP contribution in [0.3, 0.4) is 0 Å². The quantitative estimate of drug-likeness (QED) is 0.620. The van der Waals surface area contributed by atoms with Crippen molar-refractivity contribution in [2.45, 2.75) is 13.0 Å². The first-order valence-electron chi connectivity index (χ1n) is 7.59. The summed E-state index contributed by atoms with van der Waals surface area (Å²) in [6, 6.07) is 8.19. The number of ether oxygens (including phenoxy) is 2. The van der Waals surface area contributed by atoms with Gasteiger partial charge in [0.2, 0.25) is 0 Å². The van der Waals surface area contributed by atoms with Crippen LogP contribution in [0.5, 0.6) is 11.5 Å². The molecule has 1 amide bonds. The molecule has 0 aliphatic carbocycles. The van der Waals surface area contributed by atoms with Crippen molar-refractivity contribution in [3.05, 3.63) is 47.8 Å². The van der Waals surface area contributed by atoms with Crippen molar-refractivity contribution >= 4 is 22.6 Å². The molecule has 142 valence electrons. The number of alkyl halides is 4. The fraction of sp³-hybridized carbons (Fsp3) is 0.176. The number of amides is 1. The minimum Gasteiger partial charge on any atom is -0.493 e. The molecule has 0 aliphatic heterocycles. The van der Waals surface area contributed by atoms with Gasteiger partial charge in [0, 0.05) is 17.3 Å². The van der Waals surface area contributed by atoms with Crippen LogP contribution in [0.1, 0.15) is 22.6 Å². The topological polar surface area (TPSA) is 76.2 Å². The molecule has 10 heteroatoms. The summed E-state index contributed by atoms with van der Waals surface area (Å²) in [7, 11) is 1.29. The third-order valence-electron chi connectivity index (χ3n) is 3.61. The Morgan fingerprint density at radius 2 is 1.89 bits per heavy atom. The SMILES string of the molecule is COc1ccc(NC(=O)c2ccc3nc(C(F)F)[nH]c3c2)cc1OC(F)F. The lowest BCUT2D eigenvalue weighted by Gasteiger charge is -2.12. The molecule has 1 heterocycles. The lowest BCUT2D eigenvalue weighted by Crippen LogP contribution is -2.12. The van der Waals surface area contributed by atoms with E-state index in [1.807, 2.05) is 0 Å². The van der Waals surface area contributed by atoms with Crippen molar-refractivity contribution in [3.63, 3.8) is 0 Å². The van der Waals surface area contributed by atoms with E-state index >= 15 is 0 Å². The molecule has 2 N–H and O–H groups in total. The maximum absolute atomic E-state index is 12.7. The van der Waals surface area contributed by atoms with Crippen LogP contribution in [-0.2, 0) is 0 Å². The zero-order valence-electron chi connectivity index (χ0n) is 13.8. The molecule has 27 heavy (non-hydrogen) atoms. The fourth-order valence-corrected chi connectivity index (χ4v) is 2.42. The summed E-state index contributed by atoms with van der Waals surface area (Å²) in [6.07, 6.45) is -2.76. The Balaban J connectivity index is 1.83. The molecule has 0 saturated carbocycles. The second kappa shape index (κ2) is 7.52. The van der Waals surface area contributed by atoms with E-state index in [2.05, 4.69) is 20.0 Å². The number of halogens is 4. The van der Waals surface area contributed by atoms with Crippen LogP contribution in [0.15, 0.2) is 36.4 Å². The molecule has 0 unspecified atom stereocenters. The number of aromatic nitrogens is 2. The first kappa shape index (κ1) is 18.5. The summed E-state index contributed by atoms with van der Waals surface area (Å²) >= 11 is 0. The van der Waals surface area contributed by atoms with Crippen molar-refractivity contribution in [1.82, 2.24) is 9.97 Å². The van der Waals surface area contributed by atoms with Gasteiger partial charge in [0.1, 0.15) is 0 Å². The fourth-order valence-electron chi connectivity index (χ4n) is 2.42. The predicted octanol–water partition coefficient (Wildman–Crippen LogP) is 4.36. The lowest BCUT2D eigenvalue weighted by molar-refractivity contribution is -0.0511. The number of aromatic amines is 1. The van der Waals surface area contributed by atoms with Gasteiger partial charge in [-0.1, -0.05) is 0 Å². The maximum Gasteiger partial charge on any atom is 0.387 e. The van der Waals surface area contributed by atoms with Crippen molar-refractivity contribution in [2.24, 2.45) is 0 Å². The molecule has 3 rings (SSSR count). The van der Waals surface area contributed by atoms with E-state index in [9.17, 15) is 22.4 Å². The first-order valence-corrected chi connectivity index (χ1v) is 7.59. The van der Waals surface area contributed by atoms with E-state index in [1.54, 1.807) is 0 Å². The third kappa shape index (κ3) is 4.10. The second-order valence-corrected chi connectivity index (χ2v) is 5.35. The third-order valence-corrected chi connectivity index (χ3v) is 3.61. The summed E-state index contributed by atoms with van der Waals surface area (Å²) < 4.78 is 59.6. The predicted molar refractivity (Wildman–Crippen MR) is 88.6 cm³/mol. The number of carbonyl (C=O) groups is 1. The van der Waals surface area contributed by atoms with Gasteiger partial charge in [-0.3, -0.25) is 4.79 Å². The van der Waals surface area contributed by atoms with E-state index in [-0.39, 0.29) is 28.3 Å². The van der Waals surface area contributed by atoms with Gasteiger partial charge in [0.25, 0.3) is 12.3 Å². The summed E-state index contributed by atoms with van der Waals surface area (Å²) in [4.78, 5) is 18.5. The number of hydrogen-bond donors (Lipinski definition) is 2. The molecule has 0 spiro atoms. The van der Waals surface area contributed by atoms with Crippen LogP contribution in [0.4, 0.5) is 23.2 Å². The Kier molecular flexibility index (Phi) is 5.15. The average molecular weight is 383 g/mol. The highest BCUT2D eigenvalue weighted by Crippen LogP contribution is 2.31. The number of hydrogen-bond acceptors (Lipinski definition) is 4. The number of anilines is 1. The number of carbonyl (C=O) groups excluding carboxylic acids is 1. The highest BCUT2D eigenvalue weighted by molar-refractivity contribution is 6.06. The lowest BCUT2D eigenvalue weighted by atomic mass is 10.2. The number of fused-ring (bicyclic) bond motifs is 1. The number of nitrogens with zero attached hydrogens (tertiary/aromatic N) is 1. The Labute approximate surface area is 150 Å². The monoisotopic (exact) mass is 383 g/mol. The Hall–Kier alpha value is -3.30. The van der Waals surface area contributed by atoms with Gasteiger partial charge in [-0.25, -0.2) is 13.8 Å². The van der Waals surface area contributed by atoms with Crippen LogP contribution in [-0.4, -0.2) is 29.6 Å². The van der Waals surface area contributed by atoms with Crippen molar-refractivity contribution < 1.29 is 31.8 Å². The first-order chi connectivity index (χ1) is 12.9. The average Bonchev–Trinajstić information content (AvgIpc) is 3.05. The van der Waals surface area contributed by atoms with Gasteiger partial charge >= 0.3 is 6.61 Å². The largest absolute Gasteiger partial charge is 0.493 e. The minimum absolute atomic E-state index is 0.0757. The zero-order valence-corrected chi connectivity index (χ0v) is 13.8. The molecule has 3 aromatic rings. The smallest absolute Gasteiger partial charge is 0.387 e. The number of rotatable bonds is 6. The van der Waals surface area contributed by atoms with Gasteiger partial charge in [0.15, 0.2) is 17.3 Å². The van der Waals surface area contributed by atoms with Crippen LogP contribution >= 0.6 is 0 Å². The molecule has 2 aromatic carbocycles. The van der Waals surface area contributed by atoms with E-state index < -0.39 is 24.8 Å². The molecule has 0 saturated heterocycles. The molecule has 0 radical (unpaired) electrons. The van der Waals surface area contributed by atoms with Crippen molar-refractivity contribution in [3.8, 4) is 11.5 Å². The van der Waals surface area contributed by atoms with Gasteiger partial charge in [-0.2, -0.15) is 8.78 Å². The zero-order chi connectivity index (χ0) is 19.6. The van der Waals surface area contributed by atoms with Gasteiger partial charge in [-0.15, -0.1) is 0 Å². The molecule has 1 aromatic heterocycles. The number of nitrogens with one attached hydrogen (secondary N) is 2. The van der Waals surface area contributed by atoms with Crippen molar-refractivity contribution in [1.29, 1.82) is 0 Å². The highest BCUT2D eigenvalue weighted by atomic mass is 19.3. The minimum atomic E-state index is -3.06. The van der Waals surface area contributed by atoms with E-state index in [1.165, 1.54) is 43.5 Å². The number of imidazole rings is 1. The summed E-state index contributed by atoms with van der Waals surface area (Å²) in [5.74, 6) is -1.23. The van der Waals surface area contributed by atoms with Crippen LogP contribution in [0.25, 0.3) is 11.0 Å². The Morgan fingerprint density at radius 3 is 2.56 bits per heavy atom. The van der Waals surface area contributed by atoms with Gasteiger partial charge < -0.3 is 19.8 Å². The van der Waals surface area contributed by atoms with Crippen LogP contribution < -0.4 is 14.8 Å². The van der Waals surface area contributed by atoms with Gasteiger partial charge in [0.05, 0.1) is 18.1 Å². The molecule has 0 fully saturated rings. The molecular weight excluding hydrogens is 370 g/mol. The second-order valence-electron chi connectivity index (χ2n) is 5.35. The van der Waals surface area contributed by atoms with Gasteiger partial charge in [-0.05, 0) is 30.3 Å². The molecule has 0 atom stereocenters.